The molecule has 0 saturated carbocycles. The minimum Gasteiger partial charge on any atom is -0.356 e. The van der Waals surface area contributed by atoms with Crippen molar-refractivity contribution < 1.29 is 9.59 Å². The molecule has 0 bridgehead atoms. The van der Waals surface area contributed by atoms with Crippen molar-refractivity contribution in [1.82, 2.24) is 10.2 Å². The smallest absolute Gasteiger partial charge is 0.223 e. The summed E-state index contributed by atoms with van der Waals surface area (Å²) in [7, 11) is 4.01. The van der Waals surface area contributed by atoms with Gasteiger partial charge in [-0.25, -0.2) is 0 Å². The molecule has 0 unspecified atom stereocenters. The van der Waals surface area contributed by atoms with Gasteiger partial charge in [0.15, 0.2) is 0 Å². The average molecular weight is 384 g/mol. The van der Waals surface area contributed by atoms with E-state index in [0.29, 0.717) is 19.5 Å². The third-order valence-corrected chi connectivity index (χ3v) is 3.99. The van der Waals surface area contributed by atoms with Crippen LogP contribution in [0, 0.1) is 6.92 Å². The molecule has 0 saturated heterocycles. The van der Waals surface area contributed by atoms with E-state index < -0.39 is 0 Å². The minimum absolute atomic E-state index is 0.0234. The van der Waals surface area contributed by atoms with Gasteiger partial charge < -0.3 is 15.1 Å². The first-order valence-electron chi connectivity index (χ1n) is 7.77. The summed E-state index contributed by atoms with van der Waals surface area (Å²) in [6.07, 6.45) is 1.22. The number of rotatable bonds is 8. The first kappa shape index (κ1) is 19.6. The lowest BCUT2D eigenvalue weighted by atomic mass is 10.1. The molecule has 0 aliphatic rings. The van der Waals surface area contributed by atoms with E-state index in [1.165, 1.54) is 6.92 Å². The zero-order chi connectivity index (χ0) is 17.4. The van der Waals surface area contributed by atoms with Gasteiger partial charge in [-0.05, 0) is 57.7 Å². The largest absolute Gasteiger partial charge is 0.356 e. The number of nitrogens with one attached hydrogen (secondary N) is 1. The normalized spacial score (nSPS) is 10.7. The fourth-order valence-electron chi connectivity index (χ4n) is 2.29. The van der Waals surface area contributed by atoms with Crippen LogP contribution in [0.15, 0.2) is 22.7 Å². The minimum atomic E-state index is -0.0594. The Morgan fingerprint density at radius 3 is 2.48 bits per heavy atom. The van der Waals surface area contributed by atoms with Crippen LogP contribution in [0.3, 0.4) is 0 Å². The predicted molar refractivity (Wildman–Crippen MR) is 97.7 cm³/mol. The maximum absolute atomic E-state index is 11.9. The van der Waals surface area contributed by atoms with E-state index in [1.807, 2.05) is 39.2 Å². The summed E-state index contributed by atoms with van der Waals surface area (Å²) in [5.74, 6) is -0.0828. The molecule has 2 amide bonds. The zero-order valence-electron chi connectivity index (χ0n) is 14.4. The summed E-state index contributed by atoms with van der Waals surface area (Å²) < 4.78 is 0.973. The zero-order valence-corrected chi connectivity index (χ0v) is 15.9. The van der Waals surface area contributed by atoms with Gasteiger partial charge in [0.25, 0.3) is 0 Å². The van der Waals surface area contributed by atoms with Gasteiger partial charge in [0.1, 0.15) is 0 Å². The molecule has 1 rings (SSSR count). The SMILES string of the molecule is CC(=O)N(CCC(=O)NCCCN(C)C)c1ccc(Br)cc1C. The van der Waals surface area contributed by atoms with Crippen LogP contribution in [-0.2, 0) is 9.59 Å². The Hall–Kier alpha value is -1.40. The fraction of sp³-hybridized carbons (Fsp3) is 0.529. The lowest BCUT2D eigenvalue weighted by Gasteiger charge is -2.23. The average Bonchev–Trinajstić information content (AvgIpc) is 2.45. The maximum atomic E-state index is 11.9. The number of carbonyl (C=O) groups excluding carboxylic acids is 2. The van der Waals surface area contributed by atoms with E-state index in [0.717, 1.165) is 28.7 Å². The van der Waals surface area contributed by atoms with Gasteiger partial charge in [-0.2, -0.15) is 0 Å². The quantitative estimate of drug-likeness (QED) is 0.701. The van der Waals surface area contributed by atoms with E-state index in [2.05, 4.69) is 26.1 Å². The molecule has 0 heterocycles. The Kier molecular flexibility index (Phi) is 8.26. The first-order valence-corrected chi connectivity index (χ1v) is 8.56. The van der Waals surface area contributed by atoms with Crippen molar-refractivity contribution in [3.63, 3.8) is 0 Å². The Bertz CT molecular complexity index is 547. The molecule has 1 aromatic rings. The van der Waals surface area contributed by atoms with Crippen molar-refractivity contribution in [2.75, 3.05) is 38.6 Å². The topological polar surface area (TPSA) is 52.7 Å². The number of halogens is 1. The Balaban J connectivity index is 2.54. The summed E-state index contributed by atoms with van der Waals surface area (Å²) in [6.45, 7) is 5.47. The molecule has 23 heavy (non-hydrogen) atoms. The van der Waals surface area contributed by atoms with E-state index >= 15 is 0 Å². The lowest BCUT2D eigenvalue weighted by Crippen LogP contribution is -2.35. The van der Waals surface area contributed by atoms with Crippen LogP contribution < -0.4 is 10.2 Å². The Labute approximate surface area is 147 Å². The summed E-state index contributed by atoms with van der Waals surface area (Å²) >= 11 is 3.42. The highest BCUT2D eigenvalue weighted by molar-refractivity contribution is 9.10. The molecule has 0 spiro atoms. The molecular formula is C17H26BrN3O2. The van der Waals surface area contributed by atoms with Crippen molar-refractivity contribution in [1.29, 1.82) is 0 Å². The van der Waals surface area contributed by atoms with Gasteiger partial charge >= 0.3 is 0 Å². The monoisotopic (exact) mass is 383 g/mol. The van der Waals surface area contributed by atoms with Gasteiger partial charge in [0.2, 0.25) is 11.8 Å². The molecular weight excluding hydrogens is 358 g/mol. The van der Waals surface area contributed by atoms with Crippen LogP contribution in [0.5, 0.6) is 0 Å². The molecule has 0 aliphatic carbocycles. The molecule has 1 aromatic carbocycles. The predicted octanol–water partition coefficient (Wildman–Crippen LogP) is 2.57. The highest BCUT2D eigenvalue weighted by Gasteiger charge is 2.15. The molecule has 0 aliphatic heterocycles. The van der Waals surface area contributed by atoms with E-state index in [-0.39, 0.29) is 11.8 Å². The van der Waals surface area contributed by atoms with Crippen molar-refractivity contribution in [3.05, 3.63) is 28.2 Å². The third kappa shape index (κ3) is 7.14. The van der Waals surface area contributed by atoms with Gasteiger partial charge in [-0.1, -0.05) is 15.9 Å². The molecule has 6 heteroatoms. The first-order chi connectivity index (χ1) is 10.8. The van der Waals surface area contributed by atoms with Gasteiger partial charge in [-0.3, -0.25) is 9.59 Å². The highest BCUT2D eigenvalue weighted by atomic mass is 79.9. The maximum Gasteiger partial charge on any atom is 0.223 e. The molecule has 128 valence electrons. The molecule has 1 N–H and O–H groups in total. The summed E-state index contributed by atoms with van der Waals surface area (Å²) in [6, 6.07) is 5.77. The van der Waals surface area contributed by atoms with Crippen LogP contribution in [0.1, 0.15) is 25.3 Å². The third-order valence-electron chi connectivity index (χ3n) is 3.50. The second-order valence-corrected chi connectivity index (χ2v) is 6.77. The number of hydrogen-bond donors (Lipinski definition) is 1. The van der Waals surface area contributed by atoms with Crippen LogP contribution >= 0.6 is 15.9 Å². The van der Waals surface area contributed by atoms with Crippen LogP contribution in [0.25, 0.3) is 0 Å². The van der Waals surface area contributed by atoms with Crippen molar-refractivity contribution in [2.24, 2.45) is 0 Å². The van der Waals surface area contributed by atoms with Crippen molar-refractivity contribution in [2.45, 2.75) is 26.7 Å². The van der Waals surface area contributed by atoms with Crippen LogP contribution in [0.2, 0.25) is 0 Å². The van der Waals surface area contributed by atoms with E-state index in [9.17, 15) is 9.59 Å². The Morgan fingerprint density at radius 1 is 1.22 bits per heavy atom. The van der Waals surface area contributed by atoms with E-state index in [4.69, 9.17) is 0 Å². The van der Waals surface area contributed by atoms with Crippen molar-refractivity contribution >= 4 is 33.4 Å². The van der Waals surface area contributed by atoms with Crippen LogP contribution in [0.4, 0.5) is 5.69 Å². The molecule has 0 fully saturated rings. The number of benzene rings is 1. The number of nitrogens with zero attached hydrogens (tertiary/aromatic N) is 2. The van der Waals surface area contributed by atoms with Crippen LogP contribution in [-0.4, -0.2) is 50.4 Å². The highest BCUT2D eigenvalue weighted by Crippen LogP contribution is 2.24. The fourth-order valence-corrected chi connectivity index (χ4v) is 2.77. The molecule has 0 radical (unpaired) electrons. The van der Waals surface area contributed by atoms with Gasteiger partial charge in [-0.15, -0.1) is 0 Å². The number of anilines is 1. The molecule has 5 nitrogen and oxygen atoms in total. The number of aryl methyl sites for hydroxylation is 1. The molecule has 0 aromatic heterocycles. The summed E-state index contributed by atoms with van der Waals surface area (Å²) in [4.78, 5) is 27.6. The lowest BCUT2D eigenvalue weighted by molar-refractivity contribution is -0.121. The number of hydrogen-bond acceptors (Lipinski definition) is 3. The van der Waals surface area contributed by atoms with Crippen molar-refractivity contribution in [3.8, 4) is 0 Å². The van der Waals surface area contributed by atoms with Gasteiger partial charge in [0, 0.05) is 36.6 Å². The Morgan fingerprint density at radius 2 is 1.91 bits per heavy atom. The standard InChI is InChI=1S/C17H26BrN3O2/c1-13-12-15(18)6-7-16(13)21(14(2)22)11-8-17(23)19-9-5-10-20(3)4/h6-7,12H,5,8-11H2,1-4H3,(H,19,23). The number of amides is 2. The van der Waals surface area contributed by atoms with Gasteiger partial charge in [0.05, 0.1) is 0 Å². The summed E-state index contributed by atoms with van der Waals surface area (Å²) in [5, 5.41) is 2.90. The number of carbonyl (C=O) groups is 2. The second-order valence-electron chi connectivity index (χ2n) is 5.86. The van der Waals surface area contributed by atoms with E-state index in [1.54, 1.807) is 4.90 Å². The molecule has 0 atom stereocenters. The summed E-state index contributed by atoms with van der Waals surface area (Å²) in [5.41, 5.74) is 1.85. The second kappa shape index (κ2) is 9.67.